The van der Waals surface area contributed by atoms with Crippen LogP contribution in [0.3, 0.4) is 0 Å². The molecule has 1 aromatic carbocycles. The number of carbonyl (C=O) groups is 1. The van der Waals surface area contributed by atoms with Crippen LogP contribution < -0.4 is 5.32 Å². The number of rotatable bonds is 6. The molecule has 1 fully saturated rings. The zero-order valence-electron chi connectivity index (χ0n) is 13.4. The monoisotopic (exact) mass is 312 g/mol. The molecule has 0 spiro atoms. The molecule has 0 radical (unpaired) electrons. The Labute approximate surface area is 137 Å². The Hall–Kier alpha value is -2.14. The van der Waals surface area contributed by atoms with Gasteiger partial charge in [0.25, 0.3) is 0 Å². The summed E-state index contributed by atoms with van der Waals surface area (Å²) in [6, 6.07) is 10.5. The summed E-state index contributed by atoms with van der Waals surface area (Å²) in [6.45, 7) is 3.49. The summed E-state index contributed by atoms with van der Waals surface area (Å²) in [7, 11) is 0. The number of piperidine rings is 1. The van der Waals surface area contributed by atoms with Gasteiger partial charge in [-0.05, 0) is 24.9 Å². The maximum atomic E-state index is 12.4. The van der Waals surface area contributed by atoms with Crippen molar-refractivity contribution in [1.29, 1.82) is 0 Å². The standard InChI is InChI=1S/C18H24N4O/c23-18(21-9-8-17-19-10-11-20-17)16-7-4-12-22(14-16)13-15-5-2-1-3-6-15/h1-3,5-6,10-11,16H,4,7-9,12-14H2,(H,19,20)(H,21,23)/t16-/m0/s1. The van der Waals surface area contributed by atoms with Gasteiger partial charge in [-0.25, -0.2) is 4.98 Å². The Balaban J connectivity index is 1.44. The minimum Gasteiger partial charge on any atom is -0.355 e. The van der Waals surface area contributed by atoms with Gasteiger partial charge in [0.05, 0.1) is 5.92 Å². The molecule has 1 amide bonds. The number of hydrogen-bond acceptors (Lipinski definition) is 3. The van der Waals surface area contributed by atoms with Gasteiger partial charge < -0.3 is 10.3 Å². The number of imidazole rings is 1. The van der Waals surface area contributed by atoms with E-state index in [0.717, 1.165) is 44.7 Å². The molecular weight excluding hydrogens is 288 g/mol. The average Bonchev–Trinajstić information content (AvgIpc) is 3.09. The van der Waals surface area contributed by atoms with Crippen LogP contribution in [0.25, 0.3) is 0 Å². The van der Waals surface area contributed by atoms with E-state index < -0.39 is 0 Å². The Bertz CT molecular complexity index is 597. The largest absolute Gasteiger partial charge is 0.355 e. The van der Waals surface area contributed by atoms with Crippen molar-refractivity contribution in [3.8, 4) is 0 Å². The number of nitrogens with zero attached hydrogens (tertiary/aromatic N) is 2. The quantitative estimate of drug-likeness (QED) is 0.857. The lowest BCUT2D eigenvalue weighted by atomic mass is 9.96. The molecule has 0 aliphatic carbocycles. The van der Waals surface area contributed by atoms with Crippen molar-refractivity contribution in [3.63, 3.8) is 0 Å². The van der Waals surface area contributed by atoms with Crippen molar-refractivity contribution < 1.29 is 4.79 Å². The second-order valence-electron chi connectivity index (χ2n) is 6.14. The van der Waals surface area contributed by atoms with Crippen LogP contribution in [-0.4, -0.2) is 40.4 Å². The van der Waals surface area contributed by atoms with Crippen LogP contribution in [-0.2, 0) is 17.8 Å². The van der Waals surface area contributed by atoms with Crippen LogP contribution in [0.5, 0.6) is 0 Å². The molecule has 5 nitrogen and oxygen atoms in total. The van der Waals surface area contributed by atoms with Crippen molar-refractivity contribution in [2.24, 2.45) is 5.92 Å². The zero-order chi connectivity index (χ0) is 15.9. The smallest absolute Gasteiger partial charge is 0.224 e. The minimum absolute atomic E-state index is 0.101. The second-order valence-corrected chi connectivity index (χ2v) is 6.14. The van der Waals surface area contributed by atoms with Crippen molar-refractivity contribution in [3.05, 3.63) is 54.1 Å². The maximum Gasteiger partial charge on any atom is 0.224 e. The molecule has 2 N–H and O–H groups in total. The Morgan fingerprint density at radius 1 is 1.35 bits per heavy atom. The summed E-state index contributed by atoms with van der Waals surface area (Å²) in [5.41, 5.74) is 1.31. The first kappa shape index (κ1) is 15.7. The van der Waals surface area contributed by atoms with Gasteiger partial charge >= 0.3 is 0 Å². The van der Waals surface area contributed by atoms with Crippen molar-refractivity contribution in [2.45, 2.75) is 25.8 Å². The van der Waals surface area contributed by atoms with Crippen LogP contribution in [0.2, 0.25) is 0 Å². The fraction of sp³-hybridized carbons (Fsp3) is 0.444. The van der Waals surface area contributed by atoms with E-state index in [1.807, 2.05) is 6.07 Å². The lowest BCUT2D eigenvalue weighted by Gasteiger charge is -2.32. The van der Waals surface area contributed by atoms with Gasteiger partial charge in [-0.1, -0.05) is 30.3 Å². The first-order valence-corrected chi connectivity index (χ1v) is 8.33. The number of likely N-dealkylation sites (tertiary alicyclic amines) is 1. The third kappa shape index (κ3) is 4.66. The molecule has 1 aliphatic rings. The topological polar surface area (TPSA) is 61.0 Å². The van der Waals surface area contributed by atoms with E-state index in [0.29, 0.717) is 6.54 Å². The molecule has 2 aromatic rings. The molecule has 0 saturated carbocycles. The van der Waals surface area contributed by atoms with E-state index in [1.54, 1.807) is 12.4 Å². The molecular formula is C18H24N4O. The van der Waals surface area contributed by atoms with Gasteiger partial charge in [0, 0.05) is 38.4 Å². The molecule has 23 heavy (non-hydrogen) atoms. The Morgan fingerprint density at radius 3 is 3.00 bits per heavy atom. The zero-order valence-corrected chi connectivity index (χ0v) is 13.4. The minimum atomic E-state index is 0.101. The number of carbonyl (C=O) groups excluding carboxylic acids is 1. The molecule has 0 unspecified atom stereocenters. The maximum absolute atomic E-state index is 12.4. The number of H-pyrrole nitrogens is 1. The van der Waals surface area contributed by atoms with E-state index >= 15 is 0 Å². The van der Waals surface area contributed by atoms with Crippen LogP contribution in [0.4, 0.5) is 0 Å². The number of benzene rings is 1. The second kappa shape index (κ2) is 7.92. The van der Waals surface area contributed by atoms with Gasteiger partial charge in [0.15, 0.2) is 0 Å². The van der Waals surface area contributed by atoms with Crippen LogP contribution in [0.1, 0.15) is 24.2 Å². The lowest BCUT2D eigenvalue weighted by molar-refractivity contribution is -0.126. The number of aromatic amines is 1. The average molecular weight is 312 g/mol. The molecule has 2 heterocycles. The molecule has 1 aliphatic heterocycles. The lowest BCUT2D eigenvalue weighted by Crippen LogP contribution is -2.43. The summed E-state index contributed by atoms with van der Waals surface area (Å²) in [5, 5.41) is 3.05. The van der Waals surface area contributed by atoms with Crippen LogP contribution in [0, 0.1) is 5.92 Å². The van der Waals surface area contributed by atoms with E-state index in [1.165, 1.54) is 5.56 Å². The molecule has 1 saturated heterocycles. The third-order valence-corrected chi connectivity index (χ3v) is 4.34. The SMILES string of the molecule is O=C(NCCc1ncc[nH]1)[C@H]1CCCN(Cc2ccccc2)C1. The highest BCUT2D eigenvalue weighted by Gasteiger charge is 2.25. The predicted molar refractivity (Wildman–Crippen MR) is 89.7 cm³/mol. The van der Waals surface area contributed by atoms with Gasteiger partial charge in [-0.3, -0.25) is 9.69 Å². The Morgan fingerprint density at radius 2 is 2.22 bits per heavy atom. The predicted octanol–water partition coefficient (Wildman–Crippen LogP) is 1.98. The number of nitrogens with one attached hydrogen (secondary N) is 2. The highest BCUT2D eigenvalue weighted by atomic mass is 16.1. The summed E-state index contributed by atoms with van der Waals surface area (Å²) >= 11 is 0. The number of hydrogen-bond donors (Lipinski definition) is 2. The van der Waals surface area contributed by atoms with E-state index in [2.05, 4.69) is 44.5 Å². The normalized spacial score (nSPS) is 18.7. The fourth-order valence-corrected chi connectivity index (χ4v) is 3.14. The summed E-state index contributed by atoms with van der Waals surface area (Å²) in [6.07, 6.45) is 6.36. The molecule has 1 aromatic heterocycles. The van der Waals surface area contributed by atoms with Gasteiger partial charge in [0.1, 0.15) is 5.82 Å². The first-order valence-electron chi connectivity index (χ1n) is 8.33. The molecule has 0 bridgehead atoms. The van der Waals surface area contributed by atoms with Gasteiger partial charge in [0.2, 0.25) is 5.91 Å². The van der Waals surface area contributed by atoms with Crippen LogP contribution >= 0.6 is 0 Å². The molecule has 122 valence electrons. The summed E-state index contributed by atoms with van der Waals surface area (Å²) in [5.74, 6) is 1.19. The van der Waals surface area contributed by atoms with E-state index in [9.17, 15) is 4.79 Å². The van der Waals surface area contributed by atoms with Crippen LogP contribution in [0.15, 0.2) is 42.7 Å². The molecule has 3 rings (SSSR count). The third-order valence-electron chi connectivity index (χ3n) is 4.34. The van der Waals surface area contributed by atoms with Crippen molar-refractivity contribution in [1.82, 2.24) is 20.2 Å². The van der Waals surface area contributed by atoms with Gasteiger partial charge in [-0.2, -0.15) is 0 Å². The van der Waals surface area contributed by atoms with E-state index in [-0.39, 0.29) is 11.8 Å². The van der Waals surface area contributed by atoms with E-state index in [4.69, 9.17) is 0 Å². The van der Waals surface area contributed by atoms with Crippen molar-refractivity contribution >= 4 is 5.91 Å². The summed E-state index contributed by atoms with van der Waals surface area (Å²) in [4.78, 5) is 22.0. The molecule has 1 atom stereocenters. The number of amides is 1. The number of aromatic nitrogens is 2. The highest BCUT2D eigenvalue weighted by Crippen LogP contribution is 2.18. The molecule has 5 heteroatoms. The summed E-state index contributed by atoms with van der Waals surface area (Å²) < 4.78 is 0. The van der Waals surface area contributed by atoms with Crippen molar-refractivity contribution in [2.75, 3.05) is 19.6 Å². The Kier molecular flexibility index (Phi) is 5.42. The highest BCUT2D eigenvalue weighted by molar-refractivity contribution is 5.78. The first-order chi connectivity index (χ1) is 11.3. The van der Waals surface area contributed by atoms with Gasteiger partial charge in [-0.15, -0.1) is 0 Å². The fourth-order valence-electron chi connectivity index (χ4n) is 3.14.